The molecule has 0 radical (unpaired) electrons. The van der Waals surface area contributed by atoms with E-state index in [1.807, 2.05) is 6.92 Å². The number of aromatic nitrogens is 2. The fourth-order valence-electron chi connectivity index (χ4n) is 2.49. The molecular formula is C17H18F2N4O. The molecule has 2 aromatic rings. The largest absolute Gasteiger partial charge is 0.346 e. The van der Waals surface area contributed by atoms with Crippen molar-refractivity contribution in [2.45, 2.75) is 26.7 Å². The smallest absolute Gasteiger partial charge is 0.255 e. The number of aromatic amines is 1. The highest BCUT2D eigenvalue weighted by Crippen LogP contribution is 2.30. The molecule has 1 aromatic carbocycles. The van der Waals surface area contributed by atoms with Gasteiger partial charge in [0.2, 0.25) is 5.95 Å². The van der Waals surface area contributed by atoms with Crippen LogP contribution in [0.25, 0.3) is 0 Å². The Kier molecular flexibility index (Phi) is 4.98. The number of H-pyrrole nitrogens is 1. The van der Waals surface area contributed by atoms with Crippen LogP contribution < -0.4 is 10.5 Å². The maximum Gasteiger partial charge on any atom is 0.255 e. The van der Waals surface area contributed by atoms with Gasteiger partial charge in [-0.05, 0) is 26.0 Å². The molecule has 5 nitrogen and oxygen atoms in total. The fraction of sp³-hybridized carbons (Fsp3) is 0.353. The molecule has 0 aliphatic rings. The Labute approximate surface area is 138 Å². The predicted molar refractivity (Wildman–Crippen MR) is 87.1 cm³/mol. The summed E-state index contributed by atoms with van der Waals surface area (Å²) in [5.74, 6) is -2.09. The highest BCUT2D eigenvalue weighted by atomic mass is 19.1. The predicted octanol–water partition coefficient (Wildman–Crippen LogP) is 2.84. The highest BCUT2D eigenvalue weighted by molar-refractivity contribution is 5.41. The zero-order chi connectivity index (χ0) is 18.0. The van der Waals surface area contributed by atoms with Crippen LogP contribution in [0.3, 0.4) is 0 Å². The summed E-state index contributed by atoms with van der Waals surface area (Å²) >= 11 is 0. The minimum absolute atomic E-state index is 0.0945. The molecule has 2 rings (SSSR count). The average molecular weight is 332 g/mol. The summed E-state index contributed by atoms with van der Waals surface area (Å²) in [7, 11) is 1.75. The second-order valence-corrected chi connectivity index (χ2v) is 5.60. The van der Waals surface area contributed by atoms with E-state index in [2.05, 4.69) is 9.97 Å². The normalized spacial score (nSPS) is 11.9. The van der Waals surface area contributed by atoms with Gasteiger partial charge in [0.05, 0.1) is 17.3 Å². The van der Waals surface area contributed by atoms with Crippen molar-refractivity contribution in [3.8, 4) is 6.07 Å². The highest BCUT2D eigenvalue weighted by Gasteiger charge is 2.23. The summed E-state index contributed by atoms with van der Waals surface area (Å²) in [6.45, 7) is 5.65. The van der Waals surface area contributed by atoms with Crippen molar-refractivity contribution in [1.29, 1.82) is 5.26 Å². The van der Waals surface area contributed by atoms with Crippen LogP contribution in [0, 0.1) is 29.9 Å². The Balaban J connectivity index is 2.63. The van der Waals surface area contributed by atoms with Crippen LogP contribution in [-0.4, -0.2) is 23.6 Å². The van der Waals surface area contributed by atoms with Crippen molar-refractivity contribution in [3.63, 3.8) is 0 Å². The van der Waals surface area contributed by atoms with Crippen LogP contribution in [0.2, 0.25) is 0 Å². The van der Waals surface area contributed by atoms with Gasteiger partial charge < -0.3 is 4.90 Å². The zero-order valence-electron chi connectivity index (χ0n) is 13.9. The average Bonchev–Trinajstić information content (AvgIpc) is 2.55. The summed E-state index contributed by atoms with van der Waals surface area (Å²) in [6, 6.07) is 3.67. The lowest BCUT2D eigenvalue weighted by Gasteiger charge is -2.20. The van der Waals surface area contributed by atoms with E-state index in [1.54, 1.807) is 31.9 Å². The molecule has 0 amide bonds. The number of hydrogen-bond acceptors (Lipinski definition) is 4. The summed E-state index contributed by atoms with van der Waals surface area (Å²) in [5, 5.41) is 8.79. The van der Waals surface area contributed by atoms with Gasteiger partial charge in [-0.15, -0.1) is 0 Å². The minimum Gasteiger partial charge on any atom is -0.346 e. The van der Waals surface area contributed by atoms with Gasteiger partial charge in [0.25, 0.3) is 5.56 Å². The molecule has 24 heavy (non-hydrogen) atoms. The Morgan fingerprint density at radius 1 is 1.38 bits per heavy atom. The molecule has 1 unspecified atom stereocenters. The second-order valence-electron chi connectivity index (χ2n) is 5.60. The number of anilines is 1. The van der Waals surface area contributed by atoms with E-state index in [4.69, 9.17) is 5.26 Å². The molecule has 1 heterocycles. The molecule has 0 aliphatic heterocycles. The maximum absolute atomic E-state index is 14.3. The zero-order valence-corrected chi connectivity index (χ0v) is 13.9. The number of nitriles is 1. The first kappa shape index (κ1) is 17.6. The molecule has 1 N–H and O–H groups in total. The molecule has 0 saturated carbocycles. The number of halogens is 2. The van der Waals surface area contributed by atoms with E-state index in [-0.39, 0.29) is 16.7 Å². The first-order valence-electron chi connectivity index (χ1n) is 7.51. The molecule has 0 fully saturated rings. The van der Waals surface area contributed by atoms with Gasteiger partial charge in [-0.3, -0.25) is 9.78 Å². The van der Waals surface area contributed by atoms with Crippen molar-refractivity contribution >= 4 is 5.95 Å². The van der Waals surface area contributed by atoms with Crippen LogP contribution in [0.5, 0.6) is 0 Å². The molecule has 0 aliphatic carbocycles. The second kappa shape index (κ2) is 6.79. The lowest BCUT2D eigenvalue weighted by Crippen LogP contribution is -2.26. The monoisotopic (exact) mass is 332 g/mol. The van der Waals surface area contributed by atoms with Gasteiger partial charge >= 0.3 is 0 Å². The van der Waals surface area contributed by atoms with Crippen LogP contribution in [0.4, 0.5) is 14.7 Å². The van der Waals surface area contributed by atoms with E-state index >= 15 is 0 Å². The van der Waals surface area contributed by atoms with Crippen molar-refractivity contribution in [2.75, 3.05) is 18.5 Å². The lowest BCUT2D eigenvalue weighted by atomic mass is 9.93. The Morgan fingerprint density at radius 2 is 1.96 bits per heavy atom. The molecular weight excluding hydrogens is 314 g/mol. The quantitative estimate of drug-likeness (QED) is 0.934. The van der Waals surface area contributed by atoms with Crippen molar-refractivity contribution in [2.24, 2.45) is 0 Å². The topological polar surface area (TPSA) is 72.8 Å². The van der Waals surface area contributed by atoms with E-state index in [9.17, 15) is 13.6 Å². The van der Waals surface area contributed by atoms with E-state index in [1.165, 1.54) is 0 Å². The number of benzene rings is 1. The van der Waals surface area contributed by atoms with Crippen LogP contribution in [0.15, 0.2) is 16.9 Å². The first-order chi connectivity index (χ1) is 11.3. The van der Waals surface area contributed by atoms with E-state index < -0.39 is 17.6 Å². The fourth-order valence-corrected chi connectivity index (χ4v) is 2.49. The van der Waals surface area contributed by atoms with Crippen molar-refractivity contribution in [1.82, 2.24) is 9.97 Å². The summed E-state index contributed by atoms with van der Waals surface area (Å²) in [6.07, 6.45) is 0. The number of nitrogens with zero attached hydrogens (tertiary/aromatic N) is 3. The van der Waals surface area contributed by atoms with Crippen LogP contribution >= 0.6 is 0 Å². The Morgan fingerprint density at radius 3 is 2.46 bits per heavy atom. The molecule has 0 saturated heterocycles. The number of rotatable bonds is 4. The van der Waals surface area contributed by atoms with Crippen molar-refractivity contribution in [3.05, 3.63) is 56.5 Å². The third kappa shape index (κ3) is 3.13. The van der Waals surface area contributed by atoms with Crippen molar-refractivity contribution < 1.29 is 8.78 Å². The van der Waals surface area contributed by atoms with Gasteiger partial charge in [-0.1, -0.05) is 6.92 Å². The summed E-state index contributed by atoms with van der Waals surface area (Å²) in [5.41, 5.74) is -0.0460. The van der Waals surface area contributed by atoms with Crippen LogP contribution in [0.1, 0.15) is 42.1 Å². The van der Waals surface area contributed by atoms with Gasteiger partial charge in [-0.25, -0.2) is 13.8 Å². The molecule has 1 aromatic heterocycles. The van der Waals surface area contributed by atoms with E-state index in [0.29, 0.717) is 23.8 Å². The van der Waals surface area contributed by atoms with Gasteiger partial charge in [0, 0.05) is 30.6 Å². The lowest BCUT2D eigenvalue weighted by molar-refractivity contribution is 0.543. The van der Waals surface area contributed by atoms with Crippen LogP contribution in [-0.2, 0) is 0 Å². The Hall–Kier alpha value is -2.75. The molecule has 0 bridgehead atoms. The van der Waals surface area contributed by atoms with Gasteiger partial charge in [0.15, 0.2) is 0 Å². The molecule has 0 spiro atoms. The minimum atomic E-state index is -0.828. The molecule has 7 heteroatoms. The standard InChI is InChI=1S/C17H18F2N4O/c1-5-23(4)17-21-15(10(3)16(24)22-17)9(2)14-12(18)6-11(8-20)7-13(14)19/h6-7,9H,5H2,1-4H3,(H,21,22,24). The summed E-state index contributed by atoms with van der Waals surface area (Å²) in [4.78, 5) is 20.9. The summed E-state index contributed by atoms with van der Waals surface area (Å²) < 4.78 is 28.6. The third-order valence-corrected chi connectivity index (χ3v) is 4.06. The molecule has 126 valence electrons. The van der Waals surface area contributed by atoms with E-state index in [0.717, 1.165) is 12.1 Å². The SMILES string of the molecule is CCN(C)c1nc(C(C)c2c(F)cc(C#N)cc2F)c(C)c(=O)[nH]1. The maximum atomic E-state index is 14.3. The third-order valence-electron chi connectivity index (χ3n) is 4.06. The number of nitrogens with one attached hydrogen (secondary N) is 1. The van der Waals surface area contributed by atoms with Gasteiger partial charge in [0.1, 0.15) is 11.6 Å². The first-order valence-corrected chi connectivity index (χ1v) is 7.51. The molecule has 1 atom stereocenters. The van der Waals surface area contributed by atoms with Gasteiger partial charge in [-0.2, -0.15) is 5.26 Å². The number of hydrogen-bond donors (Lipinski definition) is 1. The Bertz CT molecular complexity index is 847.